The second kappa shape index (κ2) is 6.52. The predicted molar refractivity (Wildman–Crippen MR) is 68.8 cm³/mol. The molecule has 0 saturated heterocycles. The summed E-state index contributed by atoms with van der Waals surface area (Å²) in [7, 11) is 0. The van der Waals surface area contributed by atoms with E-state index in [1.165, 1.54) is 6.92 Å². The van der Waals surface area contributed by atoms with E-state index in [1.807, 2.05) is 0 Å². The lowest BCUT2D eigenvalue weighted by atomic mass is 9.70. The van der Waals surface area contributed by atoms with Gasteiger partial charge in [-0.1, -0.05) is 20.8 Å². The fourth-order valence-corrected chi connectivity index (χ4v) is 2.18. The van der Waals surface area contributed by atoms with E-state index in [9.17, 15) is 31.4 Å². The van der Waals surface area contributed by atoms with Crippen LogP contribution < -0.4 is 5.73 Å². The van der Waals surface area contributed by atoms with Crippen molar-refractivity contribution in [3.05, 3.63) is 0 Å². The first-order valence-electron chi connectivity index (χ1n) is 6.67. The molecule has 0 aromatic carbocycles. The molecule has 134 valence electrons. The summed E-state index contributed by atoms with van der Waals surface area (Å²) in [4.78, 5) is 0. The van der Waals surface area contributed by atoms with Gasteiger partial charge in [-0.15, -0.1) is 0 Å². The quantitative estimate of drug-likeness (QED) is 0.574. The smallest absolute Gasteiger partial charge is 0.367 e. The Balaban J connectivity index is 5.46. The van der Waals surface area contributed by atoms with Crippen LogP contribution in [0.2, 0.25) is 0 Å². The number of nitrogens with two attached hydrogens (primary N) is 1. The SMILES string of the molecule is CC(C)C(C)(CC(C)(C)N)C(O)OC(C(F)(F)F)C(F)(F)F. The average Bonchev–Trinajstić information content (AvgIpc) is 2.19. The Morgan fingerprint density at radius 2 is 1.32 bits per heavy atom. The van der Waals surface area contributed by atoms with E-state index in [4.69, 9.17) is 5.73 Å². The van der Waals surface area contributed by atoms with Crippen molar-refractivity contribution in [2.75, 3.05) is 0 Å². The molecule has 2 unspecified atom stereocenters. The Kier molecular flexibility index (Phi) is 6.36. The van der Waals surface area contributed by atoms with Crippen LogP contribution in [0.3, 0.4) is 0 Å². The first-order valence-corrected chi connectivity index (χ1v) is 6.67. The summed E-state index contributed by atoms with van der Waals surface area (Å²) in [5.41, 5.74) is 3.50. The highest BCUT2D eigenvalue weighted by Gasteiger charge is 2.60. The standard InChI is InChI=1S/C13H23F6NO2/c1-7(2)11(5,6-10(3,4)20)9(21)22-8(12(14,15)16)13(17,18)19/h7-9,21H,6,20H2,1-5H3. The first kappa shape index (κ1) is 21.5. The number of ether oxygens (including phenoxy) is 1. The zero-order chi connectivity index (χ0) is 18.1. The van der Waals surface area contributed by atoms with E-state index in [0.717, 1.165) is 0 Å². The Bertz CT molecular complexity index is 347. The minimum atomic E-state index is -5.67. The van der Waals surface area contributed by atoms with Gasteiger partial charge >= 0.3 is 12.4 Å². The van der Waals surface area contributed by atoms with Crippen molar-refractivity contribution < 1.29 is 36.2 Å². The number of aliphatic hydroxyl groups is 1. The minimum absolute atomic E-state index is 0.0265. The van der Waals surface area contributed by atoms with E-state index < -0.39 is 41.6 Å². The molecule has 0 rings (SSSR count). The molecule has 0 saturated carbocycles. The van der Waals surface area contributed by atoms with Crippen LogP contribution in [-0.2, 0) is 4.74 Å². The van der Waals surface area contributed by atoms with Gasteiger partial charge in [0.15, 0.2) is 6.29 Å². The molecular formula is C13H23F6NO2. The molecule has 0 aromatic heterocycles. The second-order valence-electron chi connectivity index (χ2n) is 6.78. The fraction of sp³-hybridized carbons (Fsp3) is 1.00. The van der Waals surface area contributed by atoms with Crippen molar-refractivity contribution in [1.82, 2.24) is 0 Å². The van der Waals surface area contributed by atoms with E-state index in [-0.39, 0.29) is 6.42 Å². The molecule has 22 heavy (non-hydrogen) atoms. The zero-order valence-electron chi connectivity index (χ0n) is 13.1. The molecular weight excluding hydrogens is 316 g/mol. The van der Waals surface area contributed by atoms with E-state index >= 15 is 0 Å². The lowest BCUT2D eigenvalue weighted by Gasteiger charge is -2.43. The molecule has 0 bridgehead atoms. The topological polar surface area (TPSA) is 55.5 Å². The third-order valence-corrected chi connectivity index (χ3v) is 3.58. The Morgan fingerprint density at radius 1 is 0.955 bits per heavy atom. The van der Waals surface area contributed by atoms with Crippen LogP contribution in [0, 0.1) is 11.3 Å². The molecule has 3 N–H and O–H groups in total. The summed E-state index contributed by atoms with van der Waals surface area (Å²) in [5.74, 6) is -0.465. The number of alkyl halides is 6. The van der Waals surface area contributed by atoms with Crippen LogP contribution in [0.1, 0.15) is 41.0 Å². The lowest BCUT2D eigenvalue weighted by Crippen LogP contribution is -2.53. The van der Waals surface area contributed by atoms with Crippen molar-refractivity contribution >= 4 is 0 Å². The monoisotopic (exact) mass is 339 g/mol. The third-order valence-electron chi connectivity index (χ3n) is 3.58. The Morgan fingerprint density at radius 3 is 1.55 bits per heavy atom. The number of hydrogen-bond acceptors (Lipinski definition) is 3. The molecule has 0 fully saturated rings. The molecule has 0 radical (unpaired) electrons. The maximum atomic E-state index is 12.5. The summed E-state index contributed by atoms with van der Waals surface area (Å²) in [6, 6.07) is 0. The van der Waals surface area contributed by atoms with Crippen LogP contribution in [0.4, 0.5) is 26.3 Å². The van der Waals surface area contributed by atoms with Gasteiger partial charge in [0.05, 0.1) is 0 Å². The summed E-state index contributed by atoms with van der Waals surface area (Å²) in [5, 5.41) is 9.92. The summed E-state index contributed by atoms with van der Waals surface area (Å²) < 4.78 is 79.1. The molecule has 0 aromatic rings. The predicted octanol–water partition coefficient (Wildman–Crippen LogP) is 3.60. The summed E-state index contributed by atoms with van der Waals surface area (Å²) in [6.07, 6.45) is -17.7. The molecule has 9 heteroatoms. The van der Waals surface area contributed by atoms with E-state index in [2.05, 4.69) is 4.74 Å². The summed E-state index contributed by atoms with van der Waals surface area (Å²) in [6.45, 7) is 7.60. The number of aliphatic hydroxyl groups excluding tert-OH is 1. The van der Waals surface area contributed by atoms with E-state index in [0.29, 0.717) is 0 Å². The molecule has 0 heterocycles. The van der Waals surface area contributed by atoms with Crippen LogP contribution in [0.25, 0.3) is 0 Å². The van der Waals surface area contributed by atoms with Crippen molar-refractivity contribution in [2.24, 2.45) is 17.1 Å². The number of hydrogen-bond donors (Lipinski definition) is 2. The lowest BCUT2D eigenvalue weighted by molar-refractivity contribution is -0.363. The fourth-order valence-electron chi connectivity index (χ4n) is 2.18. The van der Waals surface area contributed by atoms with Crippen molar-refractivity contribution in [3.8, 4) is 0 Å². The molecule has 0 aliphatic rings. The highest BCUT2D eigenvalue weighted by Crippen LogP contribution is 2.43. The van der Waals surface area contributed by atoms with Gasteiger partial charge in [-0.05, 0) is 26.2 Å². The molecule has 2 atom stereocenters. The van der Waals surface area contributed by atoms with Gasteiger partial charge in [0.25, 0.3) is 6.10 Å². The molecule has 0 aliphatic heterocycles. The van der Waals surface area contributed by atoms with Gasteiger partial charge in [0.1, 0.15) is 0 Å². The van der Waals surface area contributed by atoms with Gasteiger partial charge in [-0.25, -0.2) is 0 Å². The maximum Gasteiger partial charge on any atom is 0.423 e. The molecule has 0 spiro atoms. The van der Waals surface area contributed by atoms with Crippen LogP contribution >= 0.6 is 0 Å². The number of halogens is 6. The van der Waals surface area contributed by atoms with Gasteiger partial charge in [0, 0.05) is 11.0 Å². The van der Waals surface area contributed by atoms with Crippen LogP contribution in [-0.4, -0.2) is 35.4 Å². The van der Waals surface area contributed by atoms with Gasteiger partial charge in [0.2, 0.25) is 0 Å². The van der Waals surface area contributed by atoms with Gasteiger partial charge in [-0.3, -0.25) is 0 Å². The summed E-state index contributed by atoms with van der Waals surface area (Å²) >= 11 is 0. The number of rotatable bonds is 6. The van der Waals surface area contributed by atoms with Crippen molar-refractivity contribution in [1.29, 1.82) is 0 Å². The normalized spacial score (nSPS) is 18.7. The maximum absolute atomic E-state index is 12.5. The van der Waals surface area contributed by atoms with Gasteiger partial charge in [-0.2, -0.15) is 26.3 Å². The van der Waals surface area contributed by atoms with Crippen LogP contribution in [0.5, 0.6) is 0 Å². The zero-order valence-corrected chi connectivity index (χ0v) is 13.1. The molecule has 0 aliphatic carbocycles. The van der Waals surface area contributed by atoms with Crippen molar-refractivity contribution in [2.45, 2.75) is 71.3 Å². The highest BCUT2D eigenvalue weighted by atomic mass is 19.4. The molecule has 0 amide bonds. The minimum Gasteiger partial charge on any atom is -0.367 e. The average molecular weight is 339 g/mol. The second-order valence-corrected chi connectivity index (χ2v) is 6.78. The molecule has 3 nitrogen and oxygen atoms in total. The first-order chi connectivity index (χ1) is 9.41. The van der Waals surface area contributed by atoms with Crippen molar-refractivity contribution in [3.63, 3.8) is 0 Å². The Hall–Kier alpha value is -0.540. The largest absolute Gasteiger partial charge is 0.423 e. The van der Waals surface area contributed by atoms with Gasteiger partial charge < -0.3 is 15.6 Å². The Labute approximate surface area is 125 Å². The van der Waals surface area contributed by atoms with E-state index in [1.54, 1.807) is 27.7 Å². The van der Waals surface area contributed by atoms with Crippen LogP contribution in [0.15, 0.2) is 0 Å². The third kappa shape index (κ3) is 5.92. The highest BCUT2D eigenvalue weighted by molar-refractivity contribution is 4.90.